The summed E-state index contributed by atoms with van der Waals surface area (Å²) in [4.78, 5) is 6.76. The molecule has 1 aromatic rings. The van der Waals surface area contributed by atoms with Crippen LogP contribution in [0.2, 0.25) is 0 Å². The zero-order valence-electron chi connectivity index (χ0n) is 13.6. The molecule has 2 unspecified atom stereocenters. The summed E-state index contributed by atoms with van der Waals surface area (Å²) in [6.07, 6.45) is 5.18. The summed E-state index contributed by atoms with van der Waals surface area (Å²) in [7, 11) is 2.31. The number of nitrogens with zero attached hydrogens (tertiary/aromatic N) is 2. The van der Waals surface area contributed by atoms with Gasteiger partial charge in [0.05, 0.1) is 0 Å². The van der Waals surface area contributed by atoms with Crippen molar-refractivity contribution in [2.75, 3.05) is 13.6 Å². The topological polar surface area (TPSA) is 32.5 Å². The predicted molar refractivity (Wildman–Crippen MR) is 90.6 cm³/mol. The van der Waals surface area contributed by atoms with Crippen LogP contribution in [0.25, 0.3) is 0 Å². The van der Waals surface area contributed by atoms with Crippen LogP contribution < -0.4 is 5.73 Å². The molecule has 21 heavy (non-hydrogen) atoms. The minimum Gasteiger partial charge on any atom is -0.329 e. The van der Waals surface area contributed by atoms with E-state index in [1.54, 1.807) is 0 Å². The molecule has 2 N–H and O–H groups in total. The third-order valence-corrected chi connectivity index (χ3v) is 6.60. The van der Waals surface area contributed by atoms with Crippen molar-refractivity contribution in [1.29, 1.82) is 0 Å². The molecule has 2 bridgehead atoms. The van der Waals surface area contributed by atoms with Crippen LogP contribution in [0.15, 0.2) is 17.5 Å². The predicted octanol–water partition coefficient (Wildman–Crippen LogP) is 2.91. The summed E-state index contributed by atoms with van der Waals surface area (Å²) in [5.74, 6) is 0. The van der Waals surface area contributed by atoms with Gasteiger partial charge in [-0.15, -0.1) is 11.3 Å². The van der Waals surface area contributed by atoms with E-state index >= 15 is 0 Å². The summed E-state index contributed by atoms with van der Waals surface area (Å²) in [6, 6.07) is 6.42. The van der Waals surface area contributed by atoms with Crippen molar-refractivity contribution in [2.45, 2.75) is 69.7 Å². The van der Waals surface area contributed by atoms with E-state index in [9.17, 15) is 0 Å². The Hall–Kier alpha value is -0.420. The summed E-state index contributed by atoms with van der Waals surface area (Å²) in [6.45, 7) is 6.49. The van der Waals surface area contributed by atoms with Crippen molar-refractivity contribution in [3.8, 4) is 0 Å². The number of piperidine rings is 1. The van der Waals surface area contributed by atoms with E-state index in [0.717, 1.165) is 25.2 Å². The van der Waals surface area contributed by atoms with Crippen LogP contribution >= 0.6 is 11.3 Å². The summed E-state index contributed by atoms with van der Waals surface area (Å²) in [5.41, 5.74) is 6.54. The minimum absolute atomic E-state index is 0.191. The maximum atomic E-state index is 6.35. The van der Waals surface area contributed by atoms with Crippen LogP contribution in [0.1, 0.15) is 44.4 Å². The van der Waals surface area contributed by atoms with Gasteiger partial charge in [0.1, 0.15) is 0 Å². The Morgan fingerprint density at radius 1 is 1.38 bits per heavy atom. The van der Waals surface area contributed by atoms with Crippen LogP contribution in [0.3, 0.4) is 0 Å². The molecule has 0 aromatic carbocycles. The average Bonchev–Trinajstić information content (AvgIpc) is 3.03. The van der Waals surface area contributed by atoms with Crippen molar-refractivity contribution >= 4 is 11.3 Å². The molecule has 0 spiro atoms. The monoisotopic (exact) mass is 307 g/mol. The highest BCUT2D eigenvalue weighted by Gasteiger charge is 2.49. The quantitative estimate of drug-likeness (QED) is 0.908. The largest absolute Gasteiger partial charge is 0.329 e. The van der Waals surface area contributed by atoms with Gasteiger partial charge in [-0.25, -0.2) is 0 Å². The lowest BCUT2D eigenvalue weighted by Crippen LogP contribution is -2.63. The van der Waals surface area contributed by atoms with Crippen LogP contribution in [0.5, 0.6) is 0 Å². The van der Waals surface area contributed by atoms with Gasteiger partial charge in [-0.3, -0.25) is 4.90 Å². The van der Waals surface area contributed by atoms with E-state index < -0.39 is 0 Å². The highest BCUT2D eigenvalue weighted by Crippen LogP contribution is 2.43. The molecule has 2 fully saturated rings. The Bertz CT molecular complexity index is 443. The first-order valence-corrected chi connectivity index (χ1v) is 9.15. The van der Waals surface area contributed by atoms with Crippen molar-refractivity contribution in [2.24, 2.45) is 5.73 Å². The third kappa shape index (κ3) is 2.79. The molecule has 2 aliphatic heterocycles. The average molecular weight is 308 g/mol. The lowest BCUT2D eigenvalue weighted by atomic mass is 9.80. The maximum absolute atomic E-state index is 6.35. The van der Waals surface area contributed by atoms with Gasteiger partial charge in [0.2, 0.25) is 0 Å². The first kappa shape index (κ1) is 15.5. The number of thiophene rings is 1. The van der Waals surface area contributed by atoms with Crippen molar-refractivity contribution in [1.82, 2.24) is 9.80 Å². The Kier molecular flexibility index (Phi) is 4.42. The summed E-state index contributed by atoms with van der Waals surface area (Å²) in [5, 5.41) is 2.18. The van der Waals surface area contributed by atoms with Gasteiger partial charge in [0.25, 0.3) is 0 Å². The van der Waals surface area contributed by atoms with Gasteiger partial charge in [-0.1, -0.05) is 6.07 Å². The van der Waals surface area contributed by atoms with Gasteiger partial charge in [0.15, 0.2) is 0 Å². The van der Waals surface area contributed by atoms with E-state index in [2.05, 4.69) is 48.2 Å². The lowest BCUT2D eigenvalue weighted by molar-refractivity contribution is -0.0217. The van der Waals surface area contributed by atoms with Gasteiger partial charge in [-0.2, -0.15) is 0 Å². The maximum Gasteiger partial charge on any atom is 0.0368 e. The fourth-order valence-corrected chi connectivity index (χ4v) is 5.23. The molecular weight excluding hydrogens is 278 g/mol. The van der Waals surface area contributed by atoms with Crippen molar-refractivity contribution in [3.63, 3.8) is 0 Å². The normalized spacial score (nSPS) is 33.2. The molecule has 4 heteroatoms. The van der Waals surface area contributed by atoms with E-state index in [-0.39, 0.29) is 5.54 Å². The second-order valence-electron chi connectivity index (χ2n) is 7.19. The number of rotatable bonds is 5. The zero-order chi connectivity index (χ0) is 15.0. The Morgan fingerprint density at radius 2 is 2.05 bits per heavy atom. The van der Waals surface area contributed by atoms with Crippen LogP contribution in [0.4, 0.5) is 0 Å². The molecule has 0 radical (unpaired) electrons. The molecule has 0 aliphatic carbocycles. The van der Waals surface area contributed by atoms with Gasteiger partial charge in [0, 0.05) is 41.6 Å². The minimum atomic E-state index is 0.191. The molecule has 0 amide bonds. The highest BCUT2D eigenvalue weighted by atomic mass is 32.1. The SMILES string of the molecule is CC(C)N(Cc1cccs1)C1(CN)CC2CCC(C1)N2C. The highest BCUT2D eigenvalue weighted by molar-refractivity contribution is 7.09. The molecule has 3 nitrogen and oxygen atoms in total. The molecule has 2 aliphatic rings. The Balaban J connectivity index is 1.85. The smallest absolute Gasteiger partial charge is 0.0368 e. The first-order valence-electron chi connectivity index (χ1n) is 8.27. The third-order valence-electron chi connectivity index (χ3n) is 5.74. The van der Waals surface area contributed by atoms with Gasteiger partial charge in [-0.05, 0) is 58.0 Å². The van der Waals surface area contributed by atoms with Crippen molar-refractivity contribution < 1.29 is 0 Å². The molecular formula is C17H29N3S. The van der Waals surface area contributed by atoms with Crippen LogP contribution in [-0.2, 0) is 6.54 Å². The first-order chi connectivity index (χ1) is 10.1. The van der Waals surface area contributed by atoms with E-state index in [1.165, 1.54) is 30.6 Å². The summed E-state index contributed by atoms with van der Waals surface area (Å²) < 4.78 is 0. The molecule has 3 heterocycles. The van der Waals surface area contributed by atoms with Crippen LogP contribution in [0, 0.1) is 0 Å². The molecule has 2 saturated heterocycles. The summed E-state index contributed by atoms with van der Waals surface area (Å²) >= 11 is 1.87. The fourth-order valence-electron chi connectivity index (χ4n) is 4.53. The van der Waals surface area contributed by atoms with Gasteiger partial charge < -0.3 is 10.6 Å². The van der Waals surface area contributed by atoms with E-state index in [1.807, 2.05) is 11.3 Å². The number of hydrogen-bond acceptors (Lipinski definition) is 4. The van der Waals surface area contributed by atoms with E-state index in [0.29, 0.717) is 6.04 Å². The zero-order valence-corrected chi connectivity index (χ0v) is 14.4. The Labute approximate surface area is 133 Å². The van der Waals surface area contributed by atoms with Gasteiger partial charge >= 0.3 is 0 Å². The standard InChI is InChI=1S/C17H29N3S/c1-13(2)20(11-16-5-4-8-21-16)17(12-18)9-14-6-7-15(10-17)19(14)3/h4-5,8,13-15H,6-7,9-12,18H2,1-3H3. The molecule has 2 atom stereocenters. The number of nitrogens with two attached hydrogens (primary N) is 1. The second kappa shape index (κ2) is 5.99. The molecule has 3 rings (SSSR count). The Morgan fingerprint density at radius 3 is 2.52 bits per heavy atom. The lowest BCUT2D eigenvalue weighted by Gasteiger charge is -2.52. The van der Waals surface area contributed by atoms with E-state index in [4.69, 9.17) is 5.73 Å². The molecule has 0 saturated carbocycles. The fraction of sp³-hybridized carbons (Fsp3) is 0.765. The van der Waals surface area contributed by atoms with Crippen LogP contribution in [-0.4, -0.2) is 47.1 Å². The second-order valence-corrected chi connectivity index (χ2v) is 8.22. The molecule has 1 aromatic heterocycles. The molecule has 118 valence electrons. The van der Waals surface area contributed by atoms with Crippen molar-refractivity contribution in [3.05, 3.63) is 22.4 Å². The number of hydrogen-bond donors (Lipinski definition) is 1. The number of fused-ring (bicyclic) bond motifs is 2.